The van der Waals surface area contributed by atoms with Gasteiger partial charge in [-0.3, -0.25) is 24.0 Å². The van der Waals surface area contributed by atoms with Crippen LogP contribution >= 0.6 is 0 Å². The Kier molecular flexibility index (Phi) is 5.66. The SMILES string of the molecule is CNC(=O)c1nn(CCNC(=O)c2nccc3ccccc23)c2c1CN(C(C)=O)CC2. The third kappa shape index (κ3) is 3.98. The van der Waals surface area contributed by atoms with E-state index in [2.05, 4.69) is 20.7 Å². The Hall–Kier alpha value is -3.75. The summed E-state index contributed by atoms with van der Waals surface area (Å²) < 4.78 is 1.76. The molecule has 0 saturated carbocycles. The monoisotopic (exact) mass is 420 g/mol. The van der Waals surface area contributed by atoms with Gasteiger partial charge in [-0.15, -0.1) is 0 Å². The van der Waals surface area contributed by atoms with Gasteiger partial charge in [-0.2, -0.15) is 5.10 Å². The highest BCUT2D eigenvalue weighted by Crippen LogP contribution is 2.23. The largest absolute Gasteiger partial charge is 0.354 e. The molecule has 0 radical (unpaired) electrons. The van der Waals surface area contributed by atoms with Gasteiger partial charge in [0.05, 0.1) is 6.54 Å². The second-order valence-corrected chi connectivity index (χ2v) is 7.40. The molecule has 0 spiro atoms. The minimum atomic E-state index is -0.288. The van der Waals surface area contributed by atoms with Crippen molar-refractivity contribution in [2.24, 2.45) is 0 Å². The van der Waals surface area contributed by atoms with Crippen LogP contribution in [0.3, 0.4) is 0 Å². The molecule has 0 unspecified atom stereocenters. The van der Waals surface area contributed by atoms with E-state index in [9.17, 15) is 14.4 Å². The molecule has 3 amide bonds. The topological polar surface area (TPSA) is 109 Å². The van der Waals surface area contributed by atoms with Crippen molar-refractivity contribution >= 4 is 28.5 Å². The number of carbonyl (C=O) groups is 3. The van der Waals surface area contributed by atoms with Crippen molar-refractivity contribution in [1.29, 1.82) is 0 Å². The molecule has 31 heavy (non-hydrogen) atoms. The third-order valence-corrected chi connectivity index (χ3v) is 5.52. The highest BCUT2D eigenvalue weighted by molar-refractivity contribution is 6.05. The van der Waals surface area contributed by atoms with Gasteiger partial charge in [0.2, 0.25) is 5.91 Å². The van der Waals surface area contributed by atoms with E-state index in [1.54, 1.807) is 22.8 Å². The van der Waals surface area contributed by atoms with Crippen molar-refractivity contribution in [3.63, 3.8) is 0 Å². The second-order valence-electron chi connectivity index (χ2n) is 7.40. The van der Waals surface area contributed by atoms with Crippen LogP contribution in [-0.2, 0) is 24.3 Å². The van der Waals surface area contributed by atoms with E-state index in [4.69, 9.17) is 0 Å². The van der Waals surface area contributed by atoms with Crippen LogP contribution in [-0.4, -0.2) is 57.5 Å². The molecule has 160 valence electrons. The molecule has 1 aromatic carbocycles. The maximum Gasteiger partial charge on any atom is 0.271 e. The average Bonchev–Trinajstić information content (AvgIpc) is 3.16. The lowest BCUT2D eigenvalue weighted by Crippen LogP contribution is -2.36. The summed E-state index contributed by atoms with van der Waals surface area (Å²) in [6.07, 6.45) is 2.23. The molecule has 9 nitrogen and oxygen atoms in total. The van der Waals surface area contributed by atoms with E-state index >= 15 is 0 Å². The first-order valence-corrected chi connectivity index (χ1v) is 10.2. The number of aromatic nitrogens is 3. The number of nitrogens with one attached hydrogen (secondary N) is 2. The Morgan fingerprint density at radius 1 is 1.10 bits per heavy atom. The lowest BCUT2D eigenvalue weighted by molar-refractivity contribution is -0.129. The Balaban J connectivity index is 1.50. The van der Waals surface area contributed by atoms with E-state index in [1.165, 1.54) is 6.92 Å². The van der Waals surface area contributed by atoms with Crippen LogP contribution in [0.15, 0.2) is 36.5 Å². The lowest BCUT2D eigenvalue weighted by atomic mass is 10.0. The minimum absolute atomic E-state index is 0.0314. The van der Waals surface area contributed by atoms with Gasteiger partial charge in [-0.1, -0.05) is 24.3 Å². The number of hydrogen-bond acceptors (Lipinski definition) is 5. The van der Waals surface area contributed by atoms with E-state index in [0.29, 0.717) is 44.0 Å². The number of rotatable bonds is 5. The standard InChI is InChI=1S/C22H24N6O3/c1-14(29)27-11-8-18-17(13-27)20(21(30)23-2)26-28(18)12-10-25-22(31)19-16-6-4-3-5-15(16)7-9-24-19/h3-7,9H,8,10-13H2,1-2H3,(H,23,30)(H,25,31). The van der Waals surface area contributed by atoms with Crippen LogP contribution in [0.25, 0.3) is 10.8 Å². The summed E-state index contributed by atoms with van der Waals surface area (Å²) in [5, 5.41) is 11.7. The van der Waals surface area contributed by atoms with Gasteiger partial charge >= 0.3 is 0 Å². The second kappa shape index (κ2) is 8.55. The number of benzene rings is 1. The van der Waals surface area contributed by atoms with Crippen LogP contribution < -0.4 is 10.6 Å². The molecule has 0 fully saturated rings. The number of hydrogen-bond donors (Lipinski definition) is 2. The maximum absolute atomic E-state index is 12.7. The normalized spacial score (nSPS) is 13.0. The highest BCUT2D eigenvalue weighted by Gasteiger charge is 2.28. The third-order valence-electron chi connectivity index (χ3n) is 5.52. The van der Waals surface area contributed by atoms with Crippen molar-refractivity contribution in [2.45, 2.75) is 26.4 Å². The van der Waals surface area contributed by atoms with Gasteiger partial charge in [0.15, 0.2) is 5.69 Å². The lowest BCUT2D eigenvalue weighted by Gasteiger charge is -2.26. The summed E-state index contributed by atoms with van der Waals surface area (Å²) >= 11 is 0. The quantitative estimate of drug-likeness (QED) is 0.643. The van der Waals surface area contributed by atoms with Crippen LogP contribution in [0.2, 0.25) is 0 Å². The van der Waals surface area contributed by atoms with Gasteiger partial charge in [-0.05, 0) is 11.5 Å². The predicted molar refractivity (Wildman–Crippen MR) is 114 cm³/mol. The molecule has 0 aliphatic carbocycles. The first kappa shape index (κ1) is 20.5. The molecule has 0 bridgehead atoms. The van der Waals surface area contributed by atoms with Gasteiger partial charge in [0.25, 0.3) is 11.8 Å². The fourth-order valence-corrected chi connectivity index (χ4v) is 3.90. The van der Waals surface area contributed by atoms with Crippen molar-refractivity contribution in [3.8, 4) is 0 Å². The van der Waals surface area contributed by atoms with Crippen LogP contribution in [0.4, 0.5) is 0 Å². The Labute approximate surface area is 179 Å². The number of pyridine rings is 1. The number of nitrogens with zero attached hydrogens (tertiary/aromatic N) is 4. The van der Waals surface area contributed by atoms with Crippen LogP contribution in [0.1, 0.15) is 39.2 Å². The molecule has 1 aliphatic rings. The molecule has 3 aromatic rings. The summed E-state index contributed by atoms with van der Waals surface area (Å²) in [6.45, 7) is 3.20. The fourth-order valence-electron chi connectivity index (χ4n) is 3.90. The summed E-state index contributed by atoms with van der Waals surface area (Å²) in [4.78, 5) is 42.7. The van der Waals surface area contributed by atoms with Crippen LogP contribution in [0, 0.1) is 0 Å². The van der Waals surface area contributed by atoms with Gasteiger partial charge in [0, 0.05) is 62.9 Å². The van der Waals surface area contributed by atoms with Gasteiger partial charge in [-0.25, -0.2) is 0 Å². The smallest absolute Gasteiger partial charge is 0.271 e. The highest BCUT2D eigenvalue weighted by atomic mass is 16.2. The first-order valence-electron chi connectivity index (χ1n) is 10.2. The Morgan fingerprint density at radius 3 is 2.68 bits per heavy atom. The molecular weight excluding hydrogens is 396 g/mol. The molecule has 2 N–H and O–H groups in total. The number of amides is 3. The molecule has 4 rings (SSSR count). The van der Waals surface area contributed by atoms with E-state index < -0.39 is 0 Å². The summed E-state index contributed by atoms with van der Waals surface area (Å²) in [5.74, 6) is -0.576. The first-order chi connectivity index (χ1) is 15.0. The van der Waals surface area contributed by atoms with Gasteiger partial charge in [0.1, 0.15) is 5.69 Å². The Morgan fingerprint density at radius 2 is 1.90 bits per heavy atom. The van der Waals surface area contributed by atoms with E-state index in [1.807, 2.05) is 30.3 Å². The molecule has 0 saturated heterocycles. The van der Waals surface area contributed by atoms with E-state index in [-0.39, 0.29) is 17.7 Å². The molecule has 1 aliphatic heterocycles. The van der Waals surface area contributed by atoms with Gasteiger partial charge < -0.3 is 15.5 Å². The minimum Gasteiger partial charge on any atom is -0.354 e. The number of fused-ring (bicyclic) bond motifs is 2. The van der Waals surface area contributed by atoms with Crippen molar-refractivity contribution in [2.75, 3.05) is 20.1 Å². The molecule has 3 heterocycles. The van der Waals surface area contributed by atoms with Crippen molar-refractivity contribution < 1.29 is 14.4 Å². The van der Waals surface area contributed by atoms with Crippen molar-refractivity contribution in [1.82, 2.24) is 30.3 Å². The predicted octanol–water partition coefficient (Wildman–Crippen LogP) is 1.13. The molecule has 9 heteroatoms. The van der Waals surface area contributed by atoms with Crippen LogP contribution in [0.5, 0.6) is 0 Å². The fraction of sp³-hybridized carbons (Fsp3) is 0.318. The zero-order valence-corrected chi connectivity index (χ0v) is 17.5. The summed E-state index contributed by atoms with van der Waals surface area (Å²) in [7, 11) is 1.55. The number of carbonyl (C=O) groups excluding carboxylic acids is 3. The maximum atomic E-state index is 12.7. The van der Waals surface area contributed by atoms with E-state index in [0.717, 1.165) is 22.0 Å². The summed E-state index contributed by atoms with van der Waals surface area (Å²) in [5.41, 5.74) is 2.39. The zero-order chi connectivity index (χ0) is 22.0. The summed E-state index contributed by atoms with van der Waals surface area (Å²) in [6, 6.07) is 9.47. The average molecular weight is 420 g/mol. The Bertz CT molecular complexity index is 1160. The zero-order valence-electron chi connectivity index (χ0n) is 17.5. The molecule has 0 atom stereocenters. The molecule has 2 aromatic heterocycles. The van der Waals surface area contributed by atoms with Crippen molar-refractivity contribution in [3.05, 3.63) is 59.2 Å². The molecular formula is C22H24N6O3.